The van der Waals surface area contributed by atoms with Crippen LogP contribution in [0.2, 0.25) is 0 Å². The van der Waals surface area contributed by atoms with Crippen LogP contribution in [0.15, 0.2) is 16.9 Å². The molecule has 0 amide bonds. The minimum atomic E-state index is -0.361. The minimum absolute atomic E-state index is 0. The van der Waals surface area contributed by atoms with Gasteiger partial charge in [-0.15, -0.1) is 12.4 Å². The van der Waals surface area contributed by atoms with Gasteiger partial charge < -0.3 is 5.73 Å². The molecule has 2 N–H and O–H groups in total. The van der Waals surface area contributed by atoms with E-state index in [1.165, 1.54) is 6.07 Å². The van der Waals surface area contributed by atoms with Gasteiger partial charge in [0, 0.05) is 11.6 Å². The molecule has 0 aliphatic heterocycles. The van der Waals surface area contributed by atoms with Gasteiger partial charge in [0.05, 0.1) is 6.20 Å². The van der Waals surface area contributed by atoms with Crippen molar-refractivity contribution in [2.24, 2.45) is 5.73 Å². The van der Waals surface area contributed by atoms with E-state index in [1.54, 1.807) is 6.92 Å². The van der Waals surface area contributed by atoms with Crippen molar-refractivity contribution in [2.75, 3.05) is 0 Å². The summed E-state index contributed by atoms with van der Waals surface area (Å²) < 4.78 is 13.2. The normalized spacial score (nSPS) is 12.0. The van der Waals surface area contributed by atoms with E-state index < -0.39 is 0 Å². The number of halogens is 3. The zero-order valence-corrected chi connectivity index (χ0v) is 8.82. The molecule has 1 aromatic rings. The van der Waals surface area contributed by atoms with Crippen molar-refractivity contribution < 1.29 is 4.39 Å². The van der Waals surface area contributed by atoms with Crippen LogP contribution < -0.4 is 5.73 Å². The summed E-state index contributed by atoms with van der Waals surface area (Å²) in [5.41, 5.74) is 6.23. The Morgan fingerprint density at radius 1 is 1.67 bits per heavy atom. The smallest absolute Gasteiger partial charge is 0.141 e. The number of hydrogen-bond donors (Lipinski definition) is 1. The van der Waals surface area contributed by atoms with E-state index in [-0.39, 0.29) is 24.3 Å². The number of nitrogens with zero attached hydrogens (tertiary/aromatic N) is 1. The minimum Gasteiger partial charge on any atom is -0.324 e. The summed E-state index contributed by atoms with van der Waals surface area (Å²) in [5, 5.41) is 0. The zero-order chi connectivity index (χ0) is 8.43. The summed E-state index contributed by atoms with van der Waals surface area (Å²) in [6, 6.07) is 1.18. The van der Waals surface area contributed by atoms with Gasteiger partial charge in [-0.05, 0) is 28.9 Å². The van der Waals surface area contributed by atoms with Crippen LogP contribution in [0.1, 0.15) is 18.5 Å². The van der Waals surface area contributed by atoms with E-state index in [0.29, 0.717) is 10.2 Å². The Morgan fingerprint density at radius 2 is 2.25 bits per heavy atom. The Hall–Kier alpha value is -0.190. The first-order chi connectivity index (χ1) is 5.11. The third kappa shape index (κ3) is 2.69. The molecule has 0 radical (unpaired) electrons. The van der Waals surface area contributed by atoms with Crippen LogP contribution in [-0.4, -0.2) is 4.98 Å². The topological polar surface area (TPSA) is 38.9 Å². The molecule has 1 aromatic heterocycles. The molecule has 0 aromatic carbocycles. The van der Waals surface area contributed by atoms with Gasteiger partial charge in [0.2, 0.25) is 0 Å². The van der Waals surface area contributed by atoms with Gasteiger partial charge >= 0.3 is 0 Å². The molecule has 1 unspecified atom stereocenters. The highest BCUT2D eigenvalue weighted by Crippen LogP contribution is 2.19. The molecule has 1 heterocycles. The Balaban J connectivity index is 0.00000121. The Bertz CT molecular complexity index is 268. The zero-order valence-electron chi connectivity index (χ0n) is 6.42. The van der Waals surface area contributed by atoms with Gasteiger partial charge in [0.25, 0.3) is 0 Å². The summed E-state index contributed by atoms with van der Waals surface area (Å²) in [7, 11) is 0. The molecule has 0 spiro atoms. The van der Waals surface area contributed by atoms with Gasteiger partial charge in [-0.2, -0.15) is 0 Å². The van der Waals surface area contributed by atoms with Crippen molar-refractivity contribution in [3.05, 3.63) is 28.2 Å². The van der Waals surface area contributed by atoms with Gasteiger partial charge in [0.15, 0.2) is 0 Å². The number of rotatable bonds is 1. The molecular formula is C7H9BrClFN2. The van der Waals surface area contributed by atoms with Gasteiger partial charge in [0.1, 0.15) is 10.4 Å². The van der Waals surface area contributed by atoms with Crippen molar-refractivity contribution in [3.8, 4) is 0 Å². The molecule has 0 saturated heterocycles. The molecule has 0 bridgehead atoms. The fraction of sp³-hybridized carbons (Fsp3) is 0.286. The maximum atomic E-state index is 12.6. The molecule has 2 nitrogen and oxygen atoms in total. The van der Waals surface area contributed by atoms with Gasteiger partial charge in [-0.25, -0.2) is 9.37 Å². The largest absolute Gasteiger partial charge is 0.324 e. The molecule has 1 atom stereocenters. The second kappa shape index (κ2) is 4.74. The molecule has 12 heavy (non-hydrogen) atoms. The molecule has 0 aliphatic rings. The predicted octanol–water partition coefficient (Wildman–Crippen LogP) is 2.42. The first kappa shape index (κ1) is 11.8. The molecular weight excluding hydrogens is 246 g/mol. The standard InChI is InChI=1S/C7H8BrFN2.ClH/c1-4(10)6-2-5(9)3-11-7(6)8;/h2-4H,10H2,1H3;1H. The first-order valence-electron chi connectivity index (χ1n) is 3.18. The number of pyridine rings is 1. The lowest BCUT2D eigenvalue weighted by molar-refractivity contribution is 0.613. The number of nitrogens with two attached hydrogens (primary N) is 1. The maximum Gasteiger partial charge on any atom is 0.141 e. The summed E-state index contributed by atoms with van der Waals surface area (Å²) in [6.45, 7) is 1.78. The number of hydrogen-bond acceptors (Lipinski definition) is 2. The van der Waals surface area contributed by atoms with Crippen molar-refractivity contribution in [2.45, 2.75) is 13.0 Å². The van der Waals surface area contributed by atoms with Crippen LogP contribution in [0.3, 0.4) is 0 Å². The van der Waals surface area contributed by atoms with Crippen LogP contribution >= 0.6 is 28.3 Å². The third-order valence-corrected chi connectivity index (χ3v) is 1.99. The molecule has 0 fully saturated rings. The summed E-state index contributed by atoms with van der Waals surface area (Å²) in [5.74, 6) is -0.361. The van der Waals surface area contributed by atoms with Crippen molar-refractivity contribution >= 4 is 28.3 Å². The van der Waals surface area contributed by atoms with Crippen LogP contribution in [-0.2, 0) is 0 Å². The van der Waals surface area contributed by atoms with E-state index in [2.05, 4.69) is 20.9 Å². The second-order valence-electron chi connectivity index (χ2n) is 2.32. The second-order valence-corrected chi connectivity index (χ2v) is 3.07. The number of aromatic nitrogens is 1. The average molecular weight is 256 g/mol. The quantitative estimate of drug-likeness (QED) is 0.783. The lowest BCUT2D eigenvalue weighted by Gasteiger charge is -2.06. The Kier molecular flexibility index (Phi) is 4.67. The van der Waals surface area contributed by atoms with Crippen molar-refractivity contribution in [3.63, 3.8) is 0 Å². The summed E-state index contributed by atoms with van der Waals surface area (Å²) in [6.07, 6.45) is 1.15. The van der Waals surface area contributed by atoms with Crippen molar-refractivity contribution in [1.82, 2.24) is 4.98 Å². The molecule has 1 rings (SSSR count). The van der Waals surface area contributed by atoms with E-state index in [0.717, 1.165) is 6.20 Å². The average Bonchev–Trinajstić information content (AvgIpc) is 1.94. The van der Waals surface area contributed by atoms with E-state index in [9.17, 15) is 4.39 Å². The highest BCUT2D eigenvalue weighted by Gasteiger charge is 2.06. The van der Waals surface area contributed by atoms with E-state index in [1.807, 2.05) is 0 Å². The highest BCUT2D eigenvalue weighted by atomic mass is 79.9. The predicted molar refractivity (Wildman–Crippen MR) is 51.7 cm³/mol. The Morgan fingerprint density at radius 3 is 2.67 bits per heavy atom. The third-order valence-electron chi connectivity index (χ3n) is 1.32. The van der Waals surface area contributed by atoms with Crippen LogP contribution in [0, 0.1) is 5.82 Å². The molecule has 5 heteroatoms. The van der Waals surface area contributed by atoms with Gasteiger partial charge in [-0.1, -0.05) is 0 Å². The van der Waals surface area contributed by atoms with E-state index >= 15 is 0 Å². The van der Waals surface area contributed by atoms with Crippen LogP contribution in [0.25, 0.3) is 0 Å². The SMILES string of the molecule is CC(N)c1cc(F)cnc1Br.Cl. The fourth-order valence-corrected chi connectivity index (χ4v) is 1.34. The molecule has 68 valence electrons. The van der Waals surface area contributed by atoms with E-state index in [4.69, 9.17) is 5.73 Å². The monoisotopic (exact) mass is 254 g/mol. The van der Waals surface area contributed by atoms with Crippen LogP contribution in [0.4, 0.5) is 4.39 Å². The molecule has 0 aliphatic carbocycles. The fourth-order valence-electron chi connectivity index (χ4n) is 0.758. The lowest BCUT2D eigenvalue weighted by Crippen LogP contribution is -2.06. The van der Waals surface area contributed by atoms with Crippen LogP contribution in [0.5, 0.6) is 0 Å². The molecule has 0 saturated carbocycles. The van der Waals surface area contributed by atoms with Gasteiger partial charge in [-0.3, -0.25) is 0 Å². The Labute approximate surface area is 84.9 Å². The van der Waals surface area contributed by atoms with Crippen molar-refractivity contribution in [1.29, 1.82) is 0 Å². The summed E-state index contributed by atoms with van der Waals surface area (Å²) in [4.78, 5) is 3.76. The maximum absolute atomic E-state index is 12.6. The lowest BCUT2D eigenvalue weighted by atomic mass is 10.2. The summed E-state index contributed by atoms with van der Waals surface area (Å²) >= 11 is 3.17. The highest BCUT2D eigenvalue weighted by molar-refractivity contribution is 9.10. The first-order valence-corrected chi connectivity index (χ1v) is 3.97.